The highest BCUT2D eigenvalue weighted by Crippen LogP contribution is 1.96. The van der Waals surface area contributed by atoms with Crippen LogP contribution in [-0.4, -0.2) is 55.3 Å². The first-order valence-corrected chi connectivity index (χ1v) is 5.00. The molecule has 1 aromatic heterocycles. The number of methoxy groups -OCH3 is 1. The predicted molar refractivity (Wildman–Crippen MR) is 59.9 cm³/mol. The maximum absolute atomic E-state index is 4.99. The Hall–Kier alpha value is -1.20. The van der Waals surface area contributed by atoms with E-state index >= 15 is 0 Å². The first-order chi connectivity index (χ1) is 7.33. The van der Waals surface area contributed by atoms with E-state index in [0.29, 0.717) is 0 Å². The third kappa shape index (κ3) is 5.29. The summed E-state index contributed by atoms with van der Waals surface area (Å²) in [6, 6.07) is 1.86. The quantitative estimate of drug-likeness (QED) is 0.709. The number of aromatic nitrogens is 2. The second-order valence-electron chi connectivity index (χ2n) is 3.32. The zero-order valence-electron chi connectivity index (χ0n) is 9.31. The number of nitrogens with one attached hydrogen (secondary N) is 1. The lowest BCUT2D eigenvalue weighted by molar-refractivity contribution is 0.163. The van der Waals surface area contributed by atoms with Crippen molar-refractivity contribution in [2.45, 2.75) is 0 Å². The Bertz CT molecular complexity index is 255. The van der Waals surface area contributed by atoms with Gasteiger partial charge in [0.2, 0.25) is 0 Å². The van der Waals surface area contributed by atoms with Gasteiger partial charge in [0.15, 0.2) is 0 Å². The van der Waals surface area contributed by atoms with Crippen LogP contribution in [0.2, 0.25) is 0 Å². The third-order valence-electron chi connectivity index (χ3n) is 2.06. The van der Waals surface area contributed by atoms with Crippen LogP contribution < -0.4 is 5.32 Å². The minimum absolute atomic E-state index is 0.768. The van der Waals surface area contributed by atoms with Crippen LogP contribution >= 0.6 is 0 Å². The molecule has 5 heteroatoms. The molecule has 0 aromatic carbocycles. The number of anilines is 1. The molecule has 0 aliphatic heterocycles. The summed E-state index contributed by atoms with van der Waals surface area (Å²) < 4.78 is 4.99. The number of nitrogens with zero attached hydrogens (tertiary/aromatic N) is 3. The van der Waals surface area contributed by atoms with Gasteiger partial charge in [0.1, 0.15) is 12.1 Å². The molecule has 1 N–H and O–H groups in total. The molecule has 1 heterocycles. The van der Waals surface area contributed by atoms with Gasteiger partial charge in [-0.1, -0.05) is 0 Å². The van der Waals surface area contributed by atoms with Crippen molar-refractivity contribution in [3.63, 3.8) is 0 Å². The molecule has 0 fully saturated rings. The van der Waals surface area contributed by atoms with Crippen LogP contribution in [0.25, 0.3) is 0 Å². The number of hydrogen-bond acceptors (Lipinski definition) is 5. The van der Waals surface area contributed by atoms with E-state index in [9.17, 15) is 0 Å². The van der Waals surface area contributed by atoms with Crippen molar-refractivity contribution in [3.05, 3.63) is 18.6 Å². The summed E-state index contributed by atoms with van der Waals surface area (Å²) in [4.78, 5) is 10.1. The molecule has 0 saturated carbocycles. The zero-order valence-corrected chi connectivity index (χ0v) is 9.31. The summed E-state index contributed by atoms with van der Waals surface area (Å²) in [6.45, 7) is 3.55. The molecule has 5 nitrogen and oxygen atoms in total. The van der Waals surface area contributed by atoms with Crippen LogP contribution in [0.5, 0.6) is 0 Å². The molecule has 15 heavy (non-hydrogen) atoms. The summed E-state index contributed by atoms with van der Waals surface area (Å²) in [6.07, 6.45) is 3.26. The molecule has 0 aliphatic carbocycles. The van der Waals surface area contributed by atoms with E-state index in [0.717, 1.165) is 32.1 Å². The van der Waals surface area contributed by atoms with Crippen molar-refractivity contribution in [1.82, 2.24) is 14.9 Å². The number of ether oxygens (including phenoxy) is 1. The van der Waals surface area contributed by atoms with Crippen LogP contribution in [-0.2, 0) is 4.74 Å². The van der Waals surface area contributed by atoms with E-state index in [4.69, 9.17) is 4.74 Å². The lowest BCUT2D eigenvalue weighted by Crippen LogP contribution is -2.28. The Morgan fingerprint density at radius 3 is 3.00 bits per heavy atom. The van der Waals surface area contributed by atoms with Gasteiger partial charge in [0, 0.05) is 32.9 Å². The van der Waals surface area contributed by atoms with E-state index in [-0.39, 0.29) is 0 Å². The maximum Gasteiger partial charge on any atom is 0.129 e. The maximum atomic E-state index is 4.99. The van der Waals surface area contributed by atoms with Gasteiger partial charge in [-0.05, 0) is 13.1 Å². The van der Waals surface area contributed by atoms with Crippen molar-refractivity contribution < 1.29 is 4.74 Å². The fourth-order valence-corrected chi connectivity index (χ4v) is 1.13. The number of hydrogen-bond donors (Lipinski definition) is 1. The smallest absolute Gasteiger partial charge is 0.129 e. The molecule has 0 aliphatic rings. The van der Waals surface area contributed by atoms with E-state index in [2.05, 4.69) is 27.2 Å². The molecule has 0 spiro atoms. The average molecular weight is 210 g/mol. The lowest BCUT2D eigenvalue weighted by atomic mass is 10.5. The van der Waals surface area contributed by atoms with Crippen LogP contribution in [0.4, 0.5) is 5.82 Å². The lowest BCUT2D eigenvalue weighted by Gasteiger charge is -2.16. The van der Waals surface area contributed by atoms with Gasteiger partial charge in [-0.25, -0.2) is 9.97 Å². The number of likely N-dealkylation sites (N-methyl/N-ethyl adjacent to an activating group) is 1. The topological polar surface area (TPSA) is 50.3 Å². The van der Waals surface area contributed by atoms with Gasteiger partial charge in [-0.3, -0.25) is 0 Å². The highest BCUT2D eigenvalue weighted by atomic mass is 16.5. The largest absolute Gasteiger partial charge is 0.383 e. The SMILES string of the molecule is COCCN(C)CCNc1ccncn1. The molecule has 84 valence electrons. The van der Waals surface area contributed by atoms with Gasteiger partial charge < -0.3 is 15.0 Å². The number of rotatable bonds is 7. The highest BCUT2D eigenvalue weighted by molar-refractivity contribution is 5.31. The molecule has 1 rings (SSSR count). The molecule has 0 unspecified atom stereocenters. The van der Waals surface area contributed by atoms with Gasteiger partial charge in [-0.15, -0.1) is 0 Å². The monoisotopic (exact) mass is 210 g/mol. The Balaban J connectivity index is 2.11. The van der Waals surface area contributed by atoms with Crippen molar-refractivity contribution in [3.8, 4) is 0 Å². The fraction of sp³-hybridized carbons (Fsp3) is 0.600. The molecule has 0 saturated heterocycles. The minimum atomic E-state index is 0.768. The van der Waals surface area contributed by atoms with E-state index in [1.165, 1.54) is 6.33 Å². The Morgan fingerprint density at radius 1 is 1.47 bits per heavy atom. The van der Waals surface area contributed by atoms with Crippen molar-refractivity contribution >= 4 is 5.82 Å². The summed E-state index contributed by atoms with van der Waals surface area (Å²) in [5.41, 5.74) is 0. The Labute approximate surface area is 90.5 Å². The summed E-state index contributed by atoms with van der Waals surface area (Å²) in [7, 11) is 3.79. The summed E-state index contributed by atoms with van der Waals surface area (Å²) in [5.74, 6) is 0.866. The van der Waals surface area contributed by atoms with Crippen LogP contribution in [0.15, 0.2) is 18.6 Å². The van der Waals surface area contributed by atoms with Gasteiger partial charge >= 0.3 is 0 Å². The average Bonchev–Trinajstić information content (AvgIpc) is 2.28. The van der Waals surface area contributed by atoms with Crippen LogP contribution in [0.1, 0.15) is 0 Å². The minimum Gasteiger partial charge on any atom is -0.383 e. The van der Waals surface area contributed by atoms with E-state index in [1.54, 1.807) is 13.3 Å². The summed E-state index contributed by atoms with van der Waals surface area (Å²) in [5, 5.41) is 3.22. The Morgan fingerprint density at radius 2 is 2.33 bits per heavy atom. The van der Waals surface area contributed by atoms with Crippen molar-refractivity contribution in [2.24, 2.45) is 0 Å². The first kappa shape index (κ1) is 11.9. The predicted octanol–water partition coefficient (Wildman–Crippen LogP) is 0.467. The molecule has 0 radical (unpaired) electrons. The normalized spacial score (nSPS) is 10.6. The zero-order chi connectivity index (χ0) is 10.9. The van der Waals surface area contributed by atoms with Gasteiger partial charge in [0.25, 0.3) is 0 Å². The Kier molecular flexibility index (Phi) is 5.65. The fourth-order valence-electron chi connectivity index (χ4n) is 1.13. The molecular weight excluding hydrogens is 192 g/mol. The highest BCUT2D eigenvalue weighted by Gasteiger charge is 1.97. The van der Waals surface area contributed by atoms with Crippen molar-refractivity contribution in [2.75, 3.05) is 45.7 Å². The van der Waals surface area contributed by atoms with Crippen LogP contribution in [0, 0.1) is 0 Å². The molecule has 0 amide bonds. The molecule has 1 aromatic rings. The van der Waals surface area contributed by atoms with E-state index in [1.807, 2.05) is 6.07 Å². The second-order valence-corrected chi connectivity index (χ2v) is 3.32. The molecule has 0 bridgehead atoms. The van der Waals surface area contributed by atoms with Crippen LogP contribution in [0.3, 0.4) is 0 Å². The van der Waals surface area contributed by atoms with Gasteiger partial charge in [-0.2, -0.15) is 0 Å². The third-order valence-corrected chi connectivity index (χ3v) is 2.06. The van der Waals surface area contributed by atoms with Gasteiger partial charge in [0.05, 0.1) is 6.61 Å². The van der Waals surface area contributed by atoms with E-state index < -0.39 is 0 Å². The molecular formula is C10H18N4O. The molecule has 0 atom stereocenters. The van der Waals surface area contributed by atoms with Crippen molar-refractivity contribution in [1.29, 1.82) is 0 Å². The summed E-state index contributed by atoms with van der Waals surface area (Å²) >= 11 is 0. The standard InChI is InChI=1S/C10H18N4O/c1-14(7-8-15-2)6-5-12-10-3-4-11-9-13-10/h3-4,9H,5-8H2,1-2H3,(H,11,12,13). The first-order valence-electron chi connectivity index (χ1n) is 5.00. The second kappa shape index (κ2) is 7.14.